The van der Waals surface area contributed by atoms with Crippen molar-refractivity contribution >= 4 is 11.7 Å². The molecule has 0 heterocycles. The van der Waals surface area contributed by atoms with Gasteiger partial charge >= 0.3 is 5.97 Å². The Morgan fingerprint density at radius 2 is 2.19 bits per heavy atom. The van der Waals surface area contributed by atoms with Crippen LogP contribution in [-0.2, 0) is 9.53 Å². The van der Waals surface area contributed by atoms with Crippen molar-refractivity contribution in [1.29, 1.82) is 5.26 Å². The Morgan fingerprint density at radius 1 is 1.48 bits per heavy atom. The number of esters is 1. The average Bonchev–Trinajstić information content (AvgIpc) is 2.43. The van der Waals surface area contributed by atoms with Crippen LogP contribution in [0, 0.1) is 29.1 Å². The summed E-state index contributed by atoms with van der Waals surface area (Å²) in [5.41, 5.74) is 0.0194. The van der Waals surface area contributed by atoms with Crippen molar-refractivity contribution in [1.82, 2.24) is 0 Å². The molecule has 0 aliphatic heterocycles. The molecule has 1 saturated carbocycles. The summed E-state index contributed by atoms with van der Waals surface area (Å²) in [7, 11) is 0. The van der Waals surface area contributed by atoms with Crippen molar-refractivity contribution < 1.29 is 14.7 Å². The molecule has 0 aromatic rings. The van der Waals surface area contributed by atoms with Gasteiger partial charge in [-0.15, -0.1) is 0 Å². The predicted octanol–water partition coefficient (Wildman–Crippen LogP) is 3.51. The van der Waals surface area contributed by atoms with E-state index >= 15 is 0 Å². The number of nitriles is 1. The van der Waals surface area contributed by atoms with E-state index in [2.05, 4.69) is 25.9 Å². The zero-order valence-electron chi connectivity index (χ0n) is 13.2. The Morgan fingerprint density at radius 3 is 2.76 bits per heavy atom. The van der Waals surface area contributed by atoms with Gasteiger partial charge in [0.05, 0.1) is 6.07 Å². The van der Waals surface area contributed by atoms with Crippen LogP contribution in [-0.4, -0.2) is 23.0 Å². The first-order chi connectivity index (χ1) is 9.99. The Kier molecular flexibility index (Phi) is 7.21. The fourth-order valence-electron chi connectivity index (χ4n) is 2.98. The molecule has 0 spiro atoms. The molecule has 0 unspecified atom stereocenters. The van der Waals surface area contributed by atoms with Crippen LogP contribution >= 0.6 is 0 Å². The Labute approximate surface area is 127 Å². The first-order valence-corrected chi connectivity index (χ1v) is 7.78. The van der Waals surface area contributed by atoms with E-state index in [1.807, 2.05) is 6.07 Å². The third-order valence-electron chi connectivity index (χ3n) is 4.28. The third kappa shape index (κ3) is 5.37. The molecule has 0 aromatic carbocycles. The van der Waals surface area contributed by atoms with Gasteiger partial charge in [-0.2, -0.15) is 5.26 Å². The maximum Gasteiger partial charge on any atom is 0.356 e. The second-order valence-electron chi connectivity index (χ2n) is 6.33. The molecular formula is C16H26N2O3. The number of ether oxygens (including phenoxy) is 1. The van der Waals surface area contributed by atoms with E-state index in [1.54, 1.807) is 0 Å². The molecular weight excluding hydrogens is 268 g/mol. The average molecular weight is 294 g/mol. The van der Waals surface area contributed by atoms with Crippen molar-refractivity contribution in [3.63, 3.8) is 0 Å². The number of carbonyl (C=O) groups is 1. The highest BCUT2D eigenvalue weighted by Gasteiger charge is 2.34. The normalized spacial score (nSPS) is 26.4. The highest BCUT2D eigenvalue weighted by Crippen LogP contribution is 2.35. The van der Waals surface area contributed by atoms with E-state index in [9.17, 15) is 4.79 Å². The quantitative estimate of drug-likeness (QED) is 0.267. The highest BCUT2D eigenvalue weighted by molar-refractivity contribution is 6.36. The van der Waals surface area contributed by atoms with Crippen molar-refractivity contribution in [2.45, 2.75) is 65.4 Å². The van der Waals surface area contributed by atoms with Crippen LogP contribution in [0.5, 0.6) is 0 Å². The van der Waals surface area contributed by atoms with Crippen molar-refractivity contribution in [2.24, 2.45) is 22.9 Å². The standard InChI is InChI=1S/C16H26N2O3/c1-11(2)13-8-7-12(3)10-15(13)21-16(19)14(18-20)6-4-5-9-17/h11-13,15,20H,4-8,10H2,1-3H3/t12-,13+,15-/m1/s1. The fourth-order valence-corrected chi connectivity index (χ4v) is 2.98. The number of oxime groups is 1. The zero-order chi connectivity index (χ0) is 15.8. The van der Waals surface area contributed by atoms with Crippen LogP contribution in [0.1, 0.15) is 59.3 Å². The van der Waals surface area contributed by atoms with Gasteiger partial charge in [-0.1, -0.05) is 32.3 Å². The van der Waals surface area contributed by atoms with Gasteiger partial charge in [-0.25, -0.2) is 4.79 Å². The van der Waals surface area contributed by atoms with E-state index in [0.29, 0.717) is 30.6 Å². The van der Waals surface area contributed by atoms with Crippen LogP contribution in [0.15, 0.2) is 5.16 Å². The zero-order valence-corrected chi connectivity index (χ0v) is 13.2. The van der Waals surface area contributed by atoms with Gasteiger partial charge in [0.25, 0.3) is 0 Å². The molecule has 1 rings (SSSR count). The van der Waals surface area contributed by atoms with Crippen molar-refractivity contribution in [3.05, 3.63) is 0 Å². The minimum atomic E-state index is -0.541. The topological polar surface area (TPSA) is 82.7 Å². The summed E-state index contributed by atoms with van der Waals surface area (Å²) in [5.74, 6) is 0.832. The van der Waals surface area contributed by atoms with Gasteiger partial charge in [-0.3, -0.25) is 0 Å². The van der Waals surface area contributed by atoms with E-state index in [-0.39, 0.29) is 18.2 Å². The predicted molar refractivity (Wildman–Crippen MR) is 79.9 cm³/mol. The molecule has 0 aromatic heterocycles. The lowest BCUT2D eigenvalue weighted by atomic mass is 9.75. The third-order valence-corrected chi connectivity index (χ3v) is 4.28. The van der Waals surface area contributed by atoms with Gasteiger partial charge in [0.1, 0.15) is 6.10 Å². The number of hydrogen-bond acceptors (Lipinski definition) is 5. The van der Waals surface area contributed by atoms with Gasteiger partial charge in [0, 0.05) is 12.8 Å². The van der Waals surface area contributed by atoms with E-state index in [0.717, 1.165) is 12.8 Å². The number of nitrogens with zero attached hydrogens (tertiary/aromatic N) is 2. The summed E-state index contributed by atoms with van der Waals surface area (Å²) in [6.45, 7) is 6.47. The number of hydrogen-bond donors (Lipinski definition) is 1. The van der Waals surface area contributed by atoms with Crippen LogP contribution in [0.3, 0.4) is 0 Å². The molecule has 0 saturated heterocycles. The molecule has 3 atom stereocenters. The van der Waals surface area contributed by atoms with Crippen LogP contribution in [0.2, 0.25) is 0 Å². The summed E-state index contributed by atoms with van der Waals surface area (Å²) in [6, 6.07) is 2.01. The number of carbonyl (C=O) groups excluding carboxylic acids is 1. The summed E-state index contributed by atoms with van der Waals surface area (Å²) in [4.78, 5) is 12.1. The van der Waals surface area contributed by atoms with E-state index in [4.69, 9.17) is 15.2 Å². The first kappa shape index (κ1) is 17.5. The smallest absolute Gasteiger partial charge is 0.356 e. The van der Waals surface area contributed by atoms with Crippen LogP contribution < -0.4 is 0 Å². The van der Waals surface area contributed by atoms with Gasteiger partial charge in [0.2, 0.25) is 0 Å². The Bertz CT molecular complexity index is 412. The molecule has 1 fully saturated rings. The minimum absolute atomic E-state index is 0.0194. The molecule has 5 nitrogen and oxygen atoms in total. The molecule has 1 N–H and O–H groups in total. The van der Waals surface area contributed by atoms with Gasteiger partial charge in [-0.05, 0) is 37.0 Å². The monoisotopic (exact) mass is 294 g/mol. The SMILES string of the molecule is CC(C)[C@@H]1CC[C@@H](C)C[C@H]1OC(=O)C(CCCC#N)=NO. The Balaban J connectivity index is 2.63. The maximum absolute atomic E-state index is 12.1. The Hall–Kier alpha value is -1.57. The molecule has 0 bridgehead atoms. The minimum Gasteiger partial charge on any atom is -0.457 e. The van der Waals surface area contributed by atoms with Crippen LogP contribution in [0.25, 0.3) is 0 Å². The van der Waals surface area contributed by atoms with Crippen molar-refractivity contribution in [2.75, 3.05) is 0 Å². The van der Waals surface area contributed by atoms with Crippen molar-refractivity contribution in [3.8, 4) is 6.07 Å². The number of rotatable bonds is 6. The van der Waals surface area contributed by atoms with Gasteiger partial charge < -0.3 is 9.94 Å². The summed E-state index contributed by atoms with van der Waals surface area (Å²) in [6.07, 6.45) is 4.11. The molecule has 1 aliphatic rings. The molecule has 1 aliphatic carbocycles. The van der Waals surface area contributed by atoms with E-state index < -0.39 is 5.97 Å². The summed E-state index contributed by atoms with van der Waals surface area (Å²) in [5, 5.41) is 20.5. The summed E-state index contributed by atoms with van der Waals surface area (Å²) >= 11 is 0. The molecule has 0 amide bonds. The molecule has 118 valence electrons. The second-order valence-corrected chi connectivity index (χ2v) is 6.33. The molecule has 21 heavy (non-hydrogen) atoms. The maximum atomic E-state index is 12.1. The lowest BCUT2D eigenvalue weighted by Crippen LogP contribution is -2.37. The lowest BCUT2D eigenvalue weighted by Gasteiger charge is -2.36. The second kappa shape index (κ2) is 8.66. The molecule has 0 radical (unpaired) electrons. The fraction of sp³-hybridized carbons (Fsp3) is 0.812. The van der Waals surface area contributed by atoms with E-state index in [1.165, 1.54) is 6.42 Å². The molecule has 5 heteroatoms. The largest absolute Gasteiger partial charge is 0.457 e. The lowest BCUT2D eigenvalue weighted by molar-refractivity contribution is -0.147. The van der Waals surface area contributed by atoms with Gasteiger partial charge in [0.15, 0.2) is 5.71 Å². The summed E-state index contributed by atoms with van der Waals surface area (Å²) < 4.78 is 5.61. The first-order valence-electron chi connectivity index (χ1n) is 7.78. The number of unbranched alkanes of at least 4 members (excludes halogenated alkanes) is 1. The van der Waals surface area contributed by atoms with Crippen LogP contribution in [0.4, 0.5) is 0 Å². The highest BCUT2D eigenvalue weighted by atomic mass is 16.5.